The third kappa shape index (κ3) is 4.35. The van der Waals surface area contributed by atoms with Crippen LogP contribution in [0.5, 0.6) is 0 Å². The van der Waals surface area contributed by atoms with Crippen molar-refractivity contribution in [3.8, 4) is 5.82 Å². The van der Waals surface area contributed by atoms with Crippen LogP contribution in [0, 0.1) is 6.92 Å². The van der Waals surface area contributed by atoms with E-state index < -0.39 is 0 Å². The van der Waals surface area contributed by atoms with E-state index in [1.165, 1.54) is 0 Å². The van der Waals surface area contributed by atoms with Gasteiger partial charge in [0.25, 0.3) is 5.91 Å². The molecule has 8 heteroatoms. The van der Waals surface area contributed by atoms with Crippen LogP contribution in [0.2, 0.25) is 0 Å². The van der Waals surface area contributed by atoms with Gasteiger partial charge in [0.05, 0.1) is 17.5 Å². The topological polar surface area (TPSA) is 80.0 Å². The highest BCUT2D eigenvalue weighted by molar-refractivity contribution is 5.95. The van der Waals surface area contributed by atoms with Crippen LogP contribution < -0.4 is 4.90 Å². The van der Waals surface area contributed by atoms with E-state index in [0.29, 0.717) is 18.7 Å². The van der Waals surface area contributed by atoms with E-state index in [9.17, 15) is 4.79 Å². The molecule has 32 heavy (non-hydrogen) atoms. The molecule has 1 fully saturated rings. The van der Waals surface area contributed by atoms with Crippen molar-refractivity contribution in [1.29, 1.82) is 0 Å². The molecule has 3 aromatic rings. The van der Waals surface area contributed by atoms with E-state index in [0.717, 1.165) is 41.9 Å². The SMILES string of the molecule is Cc1cc(N2CCN(C(=O)c3cnn(-c4ccccn4)c3C(C)C)CC2)nc(C(C)C)n1. The number of hydrogen-bond acceptors (Lipinski definition) is 6. The average Bonchev–Trinajstić information content (AvgIpc) is 3.24. The quantitative estimate of drug-likeness (QED) is 0.612. The standard InChI is InChI=1S/C24H31N7O/c1-16(2)22-19(15-26-31(22)20-8-6-7-9-25-20)24(32)30-12-10-29(11-13-30)21-14-18(5)27-23(28-21)17(3)4/h6-9,14-17H,10-13H2,1-5H3. The van der Waals surface area contributed by atoms with Crippen LogP contribution >= 0.6 is 0 Å². The van der Waals surface area contributed by atoms with E-state index in [1.54, 1.807) is 17.1 Å². The normalized spacial score (nSPS) is 14.5. The summed E-state index contributed by atoms with van der Waals surface area (Å²) in [6.45, 7) is 13.1. The lowest BCUT2D eigenvalue weighted by atomic mass is 10.0. The Labute approximate surface area is 189 Å². The summed E-state index contributed by atoms with van der Waals surface area (Å²) in [6.07, 6.45) is 3.42. The Morgan fingerprint density at radius 3 is 2.34 bits per heavy atom. The summed E-state index contributed by atoms with van der Waals surface area (Å²) in [5.41, 5.74) is 2.52. The minimum absolute atomic E-state index is 0.0252. The molecule has 1 aliphatic heterocycles. The molecule has 0 bridgehead atoms. The predicted molar refractivity (Wildman–Crippen MR) is 124 cm³/mol. The Kier molecular flexibility index (Phi) is 6.21. The molecule has 1 aliphatic rings. The number of rotatable bonds is 5. The van der Waals surface area contributed by atoms with E-state index in [2.05, 4.69) is 47.7 Å². The zero-order valence-electron chi connectivity index (χ0n) is 19.5. The van der Waals surface area contributed by atoms with Gasteiger partial charge in [-0.2, -0.15) is 5.10 Å². The fraction of sp³-hybridized carbons (Fsp3) is 0.458. The highest BCUT2D eigenvalue weighted by Crippen LogP contribution is 2.25. The first-order chi connectivity index (χ1) is 15.3. The van der Waals surface area contributed by atoms with Crippen molar-refractivity contribution < 1.29 is 4.79 Å². The second-order valence-corrected chi connectivity index (χ2v) is 8.86. The molecule has 0 radical (unpaired) electrons. The van der Waals surface area contributed by atoms with Gasteiger partial charge in [0.15, 0.2) is 5.82 Å². The van der Waals surface area contributed by atoms with E-state index >= 15 is 0 Å². The van der Waals surface area contributed by atoms with Crippen LogP contribution in [0.25, 0.3) is 5.82 Å². The third-order valence-corrected chi connectivity index (χ3v) is 5.72. The Balaban J connectivity index is 1.52. The molecule has 168 valence electrons. The fourth-order valence-corrected chi connectivity index (χ4v) is 4.04. The van der Waals surface area contributed by atoms with E-state index in [-0.39, 0.29) is 17.7 Å². The summed E-state index contributed by atoms with van der Waals surface area (Å²) in [5, 5.41) is 4.50. The first kappa shape index (κ1) is 21.9. The molecule has 4 heterocycles. The summed E-state index contributed by atoms with van der Waals surface area (Å²) >= 11 is 0. The smallest absolute Gasteiger partial charge is 0.257 e. The summed E-state index contributed by atoms with van der Waals surface area (Å²) in [5.74, 6) is 2.97. The number of aryl methyl sites for hydroxylation is 1. The van der Waals surface area contributed by atoms with Crippen LogP contribution in [0.4, 0.5) is 5.82 Å². The van der Waals surface area contributed by atoms with Crippen molar-refractivity contribution in [3.05, 3.63) is 59.4 Å². The van der Waals surface area contributed by atoms with Crippen LogP contribution in [0.15, 0.2) is 36.7 Å². The second-order valence-electron chi connectivity index (χ2n) is 8.86. The number of aromatic nitrogens is 5. The number of carbonyl (C=O) groups is 1. The summed E-state index contributed by atoms with van der Waals surface area (Å²) in [4.78, 5) is 31.3. The lowest BCUT2D eigenvalue weighted by Gasteiger charge is -2.35. The van der Waals surface area contributed by atoms with Gasteiger partial charge in [-0.25, -0.2) is 19.6 Å². The van der Waals surface area contributed by atoms with Gasteiger partial charge in [0, 0.05) is 50.1 Å². The Morgan fingerprint density at radius 1 is 0.969 bits per heavy atom. The van der Waals surface area contributed by atoms with Crippen LogP contribution in [0.1, 0.15) is 67.1 Å². The van der Waals surface area contributed by atoms with Gasteiger partial charge in [-0.1, -0.05) is 33.8 Å². The monoisotopic (exact) mass is 433 g/mol. The molecule has 0 aliphatic carbocycles. The molecule has 0 N–H and O–H groups in total. The first-order valence-corrected chi connectivity index (χ1v) is 11.2. The fourth-order valence-electron chi connectivity index (χ4n) is 4.04. The maximum atomic E-state index is 13.4. The van der Waals surface area contributed by atoms with Gasteiger partial charge < -0.3 is 9.80 Å². The average molecular weight is 434 g/mol. The molecule has 0 spiro atoms. The van der Waals surface area contributed by atoms with Crippen LogP contribution in [-0.4, -0.2) is 61.7 Å². The lowest BCUT2D eigenvalue weighted by Crippen LogP contribution is -2.49. The Bertz CT molecular complexity index is 1080. The number of carbonyl (C=O) groups excluding carboxylic acids is 1. The molecule has 0 atom stereocenters. The second kappa shape index (κ2) is 9.06. The predicted octanol–water partition coefficient (Wildman–Crippen LogP) is 3.57. The highest BCUT2D eigenvalue weighted by Gasteiger charge is 2.28. The zero-order chi connectivity index (χ0) is 22.8. The zero-order valence-corrected chi connectivity index (χ0v) is 19.5. The van der Waals surface area contributed by atoms with E-state index in [1.807, 2.05) is 36.1 Å². The molecule has 0 saturated carbocycles. The molecule has 3 aromatic heterocycles. The number of amides is 1. The molecule has 4 rings (SSSR count). The molecule has 0 unspecified atom stereocenters. The third-order valence-electron chi connectivity index (χ3n) is 5.72. The van der Waals surface area contributed by atoms with Gasteiger partial charge in [-0.3, -0.25) is 4.79 Å². The van der Waals surface area contributed by atoms with Gasteiger partial charge in [0.2, 0.25) is 0 Å². The van der Waals surface area contributed by atoms with Crippen molar-refractivity contribution in [3.63, 3.8) is 0 Å². The largest absolute Gasteiger partial charge is 0.353 e. The first-order valence-electron chi connectivity index (χ1n) is 11.2. The lowest BCUT2D eigenvalue weighted by molar-refractivity contribution is 0.0745. The van der Waals surface area contributed by atoms with Crippen molar-refractivity contribution >= 4 is 11.7 Å². The van der Waals surface area contributed by atoms with Crippen molar-refractivity contribution in [2.24, 2.45) is 0 Å². The van der Waals surface area contributed by atoms with Gasteiger partial charge in [-0.05, 0) is 25.0 Å². The maximum Gasteiger partial charge on any atom is 0.257 e. The number of anilines is 1. The number of piperazine rings is 1. The van der Waals surface area contributed by atoms with Gasteiger partial charge in [0.1, 0.15) is 11.6 Å². The summed E-state index contributed by atoms with van der Waals surface area (Å²) in [7, 11) is 0. The summed E-state index contributed by atoms with van der Waals surface area (Å²) < 4.78 is 1.78. The number of nitrogens with zero attached hydrogens (tertiary/aromatic N) is 7. The minimum atomic E-state index is 0.0252. The van der Waals surface area contributed by atoms with Crippen LogP contribution in [-0.2, 0) is 0 Å². The minimum Gasteiger partial charge on any atom is -0.353 e. The maximum absolute atomic E-state index is 13.4. The van der Waals surface area contributed by atoms with Gasteiger partial charge in [-0.15, -0.1) is 0 Å². The highest BCUT2D eigenvalue weighted by atomic mass is 16.2. The Morgan fingerprint density at radius 2 is 1.72 bits per heavy atom. The molecule has 8 nitrogen and oxygen atoms in total. The molecule has 0 aromatic carbocycles. The van der Waals surface area contributed by atoms with Crippen molar-refractivity contribution in [1.82, 2.24) is 29.6 Å². The van der Waals surface area contributed by atoms with Crippen molar-refractivity contribution in [2.45, 2.75) is 46.5 Å². The Hall–Kier alpha value is -3.29. The van der Waals surface area contributed by atoms with E-state index in [4.69, 9.17) is 4.98 Å². The molecule has 1 saturated heterocycles. The van der Waals surface area contributed by atoms with Crippen LogP contribution in [0.3, 0.4) is 0 Å². The van der Waals surface area contributed by atoms with Crippen molar-refractivity contribution in [2.75, 3.05) is 31.1 Å². The number of pyridine rings is 1. The molecule has 1 amide bonds. The summed E-state index contributed by atoms with van der Waals surface area (Å²) in [6, 6.07) is 7.73. The molecular formula is C24H31N7O. The molecular weight excluding hydrogens is 402 g/mol. The van der Waals surface area contributed by atoms with Gasteiger partial charge >= 0.3 is 0 Å². The number of hydrogen-bond donors (Lipinski definition) is 0.